The lowest BCUT2D eigenvalue weighted by Gasteiger charge is -2.08. The van der Waals surface area contributed by atoms with E-state index in [1.54, 1.807) is 0 Å². The van der Waals surface area contributed by atoms with E-state index in [9.17, 15) is 0 Å². The molecule has 0 amide bonds. The average molecular weight is 195 g/mol. The smallest absolute Gasteiger partial charge is 0.0882 e. The summed E-state index contributed by atoms with van der Waals surface area (Å²) in [6.07, 6.45) is 0. The average Bonchev–Trinajstić information content (AvgIpc) is 2.42. The fourth-order valence-corrected chi connectivity index (χ4v) is 1.78. The SMILES string of the molecule is CCn1nc(C(C)C)c(N)c1C(C)C. The molecule has 0 atom stereocenters. The molecule has 0 aliphatic carbocycles. The van der Waals surface area contributed by atoms with E-state index < -0.39 is 0 Å². The van der Waals surface area contributed by atoms with Gasteiger partial charge in [-0.25, -0.2) is 0 Å². The lowest BCUT2D eigenvalue weighted by atomic mass is 10.0. The molecule has 80 valence electrons. The highest BCUT2D eigenvalue weighted by atomic mass is 15.3. The van der Waals surface area contributed by atoms with Crippen molar-refractivity contribution in [3.8, 4) is 0 Å². The van der Waals surface area contributed by atoms with Crippen LogP contribution in [-0.4, -0.2) is 9.78 Å². The molecule has 0 saturated carbocycles. The predicted octanol–water partition coefficient (Wildman–Crippen LogP) is 2.73. The van der Waals surface area contributed by atoms with Gasteiger partial charge in [-0.2, -0.15) is 5.10 Å². The molecule has 3 nitrogen and oxygen atoms in total. The maximum absolute atomic E-state index is 6.10. The van der Waals surface area contributed by atoms with Gasteiger partial charge in [-0.15, -0.1) is 0 Å². The van der Waals surface area contributed by atoms with Gasteiger partial charge < -0.3 is 5.73 Å². The third kappa shape index (κ3) is 1.76. The van der Waals surface area contributed by atoms with Crippen molar-refractivity contribution in [3.05, 3.63) is 11.4 Å². The standard InChI is InChI=1S/C11H21N3/c1-6-14-11(8(4)5)9(12)10(13-14)7(2)3/h7-8H,6,12H2,1-5H3. The van der Waals surface area contributed by atoms with Gasteiger partial charge in [0.2, 0.25) is 0 Å². The molecule has 2 N–H and O–H groups in total. The highest BCUT2D eigenvalue weighted by Crippen LogP contribution is 2.29. The Kier molecular flexibility index (Phi) is 3.19. The van der Waals surface area contributed by atoms with Crippen LogP contribution >= 0.6 is 0 Å². The summed E-state index contributed by atoms with van der Waals surface area (Å²) in [7, 11) is 0. The topological polar surface area (TPSA) is 43.8 Å². The highest BCUT2D eigenvalue weighted by molar-refractivity contribution is 5.51. The Hall–Kier alpha value is -0.990. The number of nitrogens with two attached hydrogens (primary N) is 1. The first-order chi connectivity index (χ1) is 6.49. The van der Waals surface area contributed by atoms with Crippen molar-refractivity contribution in [1.29, 1.82) is 0 Å². The van der Waals surface area contributed by atoms with Crippen molar-refractivity contribution in [2.75, 3.05) is 5.73 Å². The Labute approximate surface area is 86.3 Å². The molecule has 1 aromatic rings. The number of aromatic nitrogens is 2. The molecule has 0 unspecified atom stereocenters. The number of aryl methyl sites for hydroxylation is 1. The molecule has 0 bridgehead atoms. The molecule has 0 saturated heterocycles. The summed E-state index contributed by atoms with van der Waals surface area (Å²) in [6, 6.07) is 0. The van der Waals surface area contributed by atoms with Crippen molar-refractivity contribution in [2.24, 2.45) is 0 Å². The zero-order chi connectivity index (χ0) is 10.9. The van der Waals surface area contributed by atoms with E-state index in [1.165, 1.54) is 5.69 Å². The monoisotopic (exact) mass is 195 g/mol. The third-order valence-corrected chi connectivity index (χ3v) is 2.45. The van der Waals surface area contributed by atoms with Gasteiger partial charge in [-0.1, -0.05) is 27.7 Å². The molecule has 1 aromatic heterocycles. The van der Waals surface area contributed by atoms with Crippen LogP contribution in [-0.2, 0) is 6.54 Å². The minimum absolute atomic E-state index is 0.403. The Bertz CT molecular complexity index is 311. The fraction of sp³-hybridized carbons (Fsp3) is 0.727. The molecule has 0 fully saturated rings. The summed E-state index contributed by atoms with van der Waals surface area (Å²) in [5, 5.41) is 4.54. The van der Waals surface area contributed by atoms with Crippen molar-refractivity contribution < 1.29 is 0 Å². The van der Waals surface area contributed by atoms with Gasteiger partial charge in [-0.05, 0) is 18.8 Å². The number of nitrogen functional groups attached to an aromatic ring is 1. The summed E-state index contributed by atoms with van der Waals surface area (Å²) >= 11 is 0. The van der Waals surface area contributed by atoms with E-state index in [4.69, 9.17) is 5.73 Å². The molecule has 0 aliphatic rings. The van der Waals surface area contributed by atoms with Crippen molar-refractivity contribution in [3.63, 3.8) is 0 Å². The second-order valence-corrected chi connectivity index (χ2v) is 4.31. The van der Waals surface area contributed by atoms with Gasteiger partial charge in [-0.3, -0.25) is 4.68 Å². The number of hydrogen-bond acceptors (Lipinski definition) is 2. The largest absolute Gasteiger partial charge is 0.396 e. The summed E-state index contributed by atoms with van der Waals surface area (Å²) < 4.78 is 2.02. The predicted molar refractivity (Wildman–Crippen MR) is 60.5 cm³/mol. The molecule has 14 heavy (non-hydrogen) atoms. The first kappa shape index (κ1) is 11.1. The minimum atomic E-state index is 0.403. The van der Waals surface area contributed by atoms with Gasteiger partial charge in [0.05, 0.1) is 17.1 Å². The van der Waals surface area contributed by atoms with E-state index in [2.05, 4.69) is 39.7 Å². The van der Waals surface area contributed by atoms with Gasteiger partial charge in [0.1, 0.15) is 0 Å². The lowest BCUT2D eigenvalue weighted by molar-refractivity contribution is 0.587. The van der Waals surface area contributed by atoms with Crippen LogP contribution in [0.3, 0.4) is 0 Å². The van der Waals surface area contributed by atoms with Crippen molar-refractivity contribution in [2.45, 2.75) is 53.0 Å². The van der Waals surface area contributed by atoms with E-state index in [0.29, 0.717) is 11.8 Å². The Balaban J connectivity index is 3.25. The third-order valence-electron chi connectivity index (χ3n) is 2.45. The van der Waals surface area contributed by atoms with Crippen LogP contribution in [0.4, 0.5) is 5.69 Å². The second-order valence-electron chi connectivity index (χ2n) is 4.31. The van der Waals surface area contributed by atoms with Crippen molar-refractivity contribution >= 4 is 5.69 Å². The van der Waals surface area contributed by atoms with Gasteiger partial charge >= 0.3 is 0 Å². The first-order valence-corrected chi connectivity index (χ1v) is 5.35. The number of nitrogens with zero attached hydrogens (tertiary/aromatic N) is 2. The molecule has 1 heterocycles. The summed E-state index contributed by atoms with van der Waals surface area (Å²) in [4.78, 5) is 0. The molecular weight excluding hydrogens is 174 g/mol. The van der Waals surface area contributed by atoms with Crippen LogP contribution in [0, 0.1) is 0 Å². The molecular formula is C11H21N3. The van der Waals surface area contributed by atoms with Crippen LogP contribution in [0.1, 0.15) is 57.8 Å². The first-order valence-electron chi connectivity index (χ1n) is 5.35. The van der Waals surface area contributed by atoms with Gasteiger partial charge in [0.25, 0.3) is 0 Å². The molecule has 0 spiro atoms. The van der Waals surface area contributed by atoms with Crippen LogP contribution in [0.5, 0.6) is 0 Å². The van der Waals surface area contributed by atoms with Crippen LogP contribution in [0.15, 0.2) is 0 Å². The second kappa shape index (κ2) is 4.03. The van der Waals surface area contributed by atoms with E-state index in [1.807, 2.05) is 4.68 Å². The lowest BCUT2D eigenvalue weighted by Crippen LogP contribution is -2.05. The maximum atomic E-state index is 6.10. The zero-order valence-electron chi connectivity index (χ0n) is 9.83. The quantitative estimate of drug-likeness (QED) is 0.806. The molecule has 0 radical (unpaired) electrons. The van der Waals surface area contributed by atoms with Crippen LogP contribution < -0.4 is 5.73 Å². The molecule has 1 rings (SSSR count). The molecule has 3 heteroatoms. The highest BCUT2D eigenvalue weighted by Gasteiger charge is 2.18. The van der Waals surface area contributed by atoms with E-state index in [-0.39, 0.29) is 0 Å². The van der Waals surface area contributed by atoms with E-state index >= 15 is 0 Å². The Morgan fingerprint density at radius 2 is 1.79 bits per heavy atom. The van der Waals surface area contributed by atoms with Crippen LogP contribution in [0.2, 0.25) is 0 Å². The maximum Gasteiger partial charge on any atom is 0.0882 e. The number of hydrogen-bond donors (Lipinski definition) is 1. The number of anilines is 1. The Morgan fingerprint density at radius 3 is 2.07 bits per heavy atom. The minimum Gasteiger partial charge on any atom is -0.396 e. The normalized spacial score (nSPS) is 11.6. The van der Waals surface area contributed by atoms with Crippen molar-refractivity contribution in [1.82, 2.24) is 9.78 Å². The van der Waals surface area contributed by atoms with Gasteiger partial charge in [0.15, 0.2) is 0 Å². The molecule has 0 aromatic carbocycles. The molecule has 0 aliphatic heterocycles. The summed E-state index contributed by atoms with van der Waals surface area (Å²) in [5.74, 6) is 0.843. The Morgan fingerprint density at radius 1 is 1.21 bits per heavy atom. The summed E-state index contributed by atoms with van der Waals surface area (Å²) in [5.41, 5.74) is 9.20. The zero-order valence-corrected chi connectivity index (χ0v) is 9.83. The van der Waals surface area contributed by atoms with Gasteiger partial charge in [0, 0.05) is 6.54 Å². The number of rotatable bonds is 3. The van der Waals surface area contributed by atoms with E-state index in [0.717, 1.165) is 17.9 Å². The summed E-state index contributed by atoms with van der Waals surface area (Å²) in [6.45, 7) is 11.6. The van der Waals surface area contributed by atoms with Crippen LogP contribution in [0.25, 0.3) is 0 Å². The fourth-order valence-electron chi connectivity index (χ4n) is 1.78.